The topological polar surface area (TPSA) is 106 Å². The lowest BCUT2D eigenvalue weighted by atomic mass is 10.0. The molecule has 2 aromatic carbocycles. The predicted molar refractivity (Wildman–Crippen MR) is 103 cm³/mol. The molecule has 2 aromatic rings. The Labute approximate surface area is 164 Å². The van der Waals surface area contributed by atoms with Gasteiger partial charge in [-0.3, -0.25) is 14.9 Å². The van der Waals surface area contributed by atoms with E-state index in [0.717, 1.165) is 10.0 Å². The van der Waals surface area contributed by atoms with Gasteiger partial charge in [-0.15, -0.1) is 0 Å². The lowest BCUT2D eigenvalue weighted by Gasteiger charge is -2.18. The molecule has 3 rings (SSSR count). The zero-order valence-corrected chi connectivity index (χ0v) is 16.1. The van der Waals surface area contributed by atoms with Gasteiger partial charge in [0.1, 0.15) is 5.75 Å². The number of hydrogen-bond acceptors (Lipinski definition) is 6. The average molecular weight is 435 g/mol. The number of nitrogens with one attached hydrogen (secondary N) is 3. The summed E-state index contributed by atoms with van der Waals surface area (Å²) < 4.78 is 6.57. The first-order valence-electron chi connectivity index (χ1n) is 8.40. The van der Waals surface area contributed by atoms with E-state index in [2.05, 4.69) is 32.1 Å². The number of nitrogens with zero attached hydrogens (tertiary/aromatic N) is 1. The van der Waals surface area contributed by atoms with Gasteiger partial charge in [0, 0.05) is 29.1 Å². The van der Waals surface area contributed by atoms with Gasteiger partial charge in [-0.2, -0.15) is 0 Å². The number of hydrazine groups is 1. The Bertz CT molecular complexity index is 830. The molecule has 1 amide bonds. The summed E-state index contributed by atoms with van der Waals surface area (Å²) in [5.41, 5.74) is 6.88. The van der Waals surface area contributed by atoms with Crippen LogP contribution in [0.2, 0.25) is 0 Å². The summed E-state index contributed by atoms with van der Waals surface area (Å²) in [6.45, 7) is 1.68. The highest BCUT2D eigenvalue weighted by Crippen LogP contribution is 2.25. The van der Waals surface area contributed by atoms with Gasteiger partial charge >= 0.3 is 0 Å². The van der Waals surface area contributed by atoms with E-state index >= 15 is 0 Å². The fraction of sp³-hybridized carbons (Fsp3) is 0.278. The number of halogens is 1. The molecule has 0 saturated carbocycles. The van der Waals surface area contributed by atoms with Crippen LogP contribution in [0.3, 0.4) is 0 Å². The first kappa shape index (κ1) is 19.3. The van der Waals surface area contributed by atoms with Crippen molar-refractivity contribution >= 4 is 27.5 Å². The molecule has 142 valence electrons. The number of nitro benzene ring substituents is 1. The molecule has 3 N–H and O–H groups in total. The highest BCUT2D eigenvalue weighted by atomic mass is 79.9. The number of nitro groups is 1. The maximum absolute atomic E-state index is 12.4. The summed E-state index contributed by atoms with van der Waals surface area (Å²) in [4.78, 5) is 22.8. The van der Waals surface area contributed by atoms with Crippen LogP contribution < -0.4 is 20.9 Å². The van der Waals surface area contributed by atoms with E-state index in [1.807, 2.05) is 18.2 Å². The molecular weight excluding hydrogens is 416 g/mol. The van der Waals surface area contributed by atoms with Crippen molar-refractivity contribution in [2.45, 2.75) is 31.7 Å². The van der Waals surface area contributed by atoms with Gasteiger partial charge in [0.05, 0.1) is 11.1 Å². The summed E-state index contributed by atoms with van der Waals surface area (Å²) in [7, 11) is 0. The van der Waals surface area contributed by atoms with Crippen LogP contribution in [-0.4, -0.2) is 23.1 Å². The van der Waals surface area contributed by atoms with Crippen LogP contribution in [0.4, 0.5) is 5.69 Å². The Morgan fingerprint density at radius 2 is 2.04 bits per heavy atom. The highest BCUT2D eigenvalue weighted by Gasteiger charge is 2.28. The van der Waals surface area contributed by atoms with Crippen molar-refractivity contribution in [3.8, 4) is 5.75 Å². The van der Waals surface area contributed by atoms with E-state index in [9.17, 15) is 14.9 Å². The molecule has 8 nitrogen and oxygen atoms in total. The van der Waals surface area contributed by atoms with Crippen molar-refractivity contribution in [3.63, 3.8) is 0 Å². The third-order valence-electron chi connectivity index (χ3n) is 4.20. The third-order valence-corrected chi connectivity index (χ3v) is 4.73. The standard InChI is InChI=1S/C18H19BrN4O4/c1-11(27-15-7-5-13(19)6-8-15)18(24)20-17-10-16(21-22-17)12-3-2-4-14(9-12)23(25)26/h2-9,11,16-17,21-22H,10H2,1H3,(H,20,24). The quantitative estimate of drug-likeness (QED) is 0.476. The van der Waals surface area contributed by atoms with Gasteiger partial charge in [-0.05, 0) is 36.8 Å². The average Bonchev–Trinajstić information content (AvgIpc) is 3.12. The smallest absolute Gasteiger partial charge is 0.269 e. The minimum atomic E-state index is -0.662. The summed E-state index contributed by atoms with van der Waals surface area (Å²) >= 11 is 3.35. The molecule has 1 fully saturated rings. The second-order valence-corrected chi connectivity index (χ2v) is 7.12. The largest absolute Gasteiger partial charge is 0.481 e. The minimum Gasteiger partial charge on any atom is -0.481 e. The molecule has 3 unspecified atom stereocenters. The van der Waals surface area contributed by atoms with Crippen molar-refractivity contribution in [2.24, 2.45) is 0 Å². The Kier molecular flexibility index (Phi) is 6.04. The minimum absolute atomic E-state index is 0.0401. The number of carbonyl (C=O) groups excluding carboxylic acids is 1. The van der Waals surface area contributed by atoms with E-state index in [1.165, 1.54) is 12.1 Å². The van der Waals surface area contributed by atoms with Crippen LogP contribution in [0.1, 0.15) is 24.9 Å². The molecular formula is C18H19BrN4O4. The van der Waals surface area contributed by atoms with E-state index in [0.29, 0.717) is 12.2 Å². The monoisotopic (exact) mass is 434 g/mol. The predicted octanol–water partition coefficient (Wildman–Crippen LogP) is 2.81. The van der Waals surface area contributed by atoms with Crippen molar-refractivity contribution in [1.29, 1.82) is 0 Å². The fourth-order valence-corrected chi connectivity index (χ4v) is 3.05. The molecule has 9 heteroatoms. The second kappa shape index (κ2) is 8.47. The van der Waals surface area contributed by atoms with E-state index in [4.69, 9.17) is 4.74 Å². The lowest BCUT2D eigenvalue weighted by Crippen LogP contribution is -2.48. The Morgan fingerprint density at radius 3 is 2.74 bits per heavy atom. The van der Waals surface area contributed by atoms with E-state index < -0.39 is 11.0 Å². The Hall–Kier alpha value is -2.49. The van der Waals surface area contributed by atoms with Crippen LogP contribution in [-0.2, 0) is 4.79 Å². The summed E-state index contributed by atoms with van der Waals surface area (Å²) in [6, 6.07) is 13.5. The number of hydrogen-bond donors (Lipinski definition) is 3. The number of carbonyl (C=O) groups is 1. The van der Waals surface area contributed by atoms with E-state index in [1.54, 1.807) is 25.1 Å². The number of amides is 1. The molecule has 0 spiro atoms. The summed E-state index contributed by atoms with van der Waals surface area (Å²) in [5, 5.41) is 13.8. The van der Waals surface area contributed by atoms with Gasteiger partial charge in [0.25, 0.3) is 11.6 Å². The second-order valence-electron chi connectivity index (χ2n) is 6.20. The first-order valence-corrected chi connectivity index (χ1v) is 9.19. The maximum atomic E-state index is 12.4. The summed E-state index contributed by atoms with van der Waals surface area (Å²) in [6.07, 6.45) is -0.416. The van der Waals surface area contributed by atoms with Crippen molar-refractivity contribution < 1.29 is 14.5 Å². The molecule has 0 radical (unpaired) electrons. The SMILES string of the molecule is CC(Oc1ccc(Br)cc1)C(=O)NC1CC(c2cccc([N+](=O)[O-])c2)NN1. The molecule has 1 aliphatic heterocycles. The lowest BCUT2D eigenvalue weighted by molar-refractivity contribution is -0.384. The molecule has 3 atom stereocenters. The highest BCUT2D eigenvalue weighted by molar-refractivity contribution is 9.10. The van der Waals surface area contributed by atoms with Crippen LogP contribution in [0.25, 0.3) is 0 Å². The van der Waals surface area contributed by atoms with Crippen LogP contribution >= 0.6 is 15.9 Å². The van der Waals surface area contributed by atoms with Gasteiger partial charge in [0.2, 0.25) is 0 Å². The molecule has 1 aliphatic rings. The molecule has 1 saturated heterocycles. The third kappa shape index (κ3) is 5.03. The van der Waals surface area contributed by atoms with Crippen LogP contribution in [0.15, 0.2) is 53.0 Å². The van der Waals surface area contributed by atoms with Gasteiger partial charge in [0.15, 0.2) is 6.10 Å². The normalized spacial score (nSPS) is 20.1. The number of non-ortho nitro benzene ring substituents is 1. The van der Waals surface area contributed by atoms with Crippen molar-refractivity contribution in [1.82, 2.24) is 16.2 Å². The molecule has 0 aliphatic carbocycles. The molecule has 27 heavy (non-hydrogen) atoms. The number of benzene rings is 2. The van der Waals surface area contributed by atoms with Crippen LogP contribution in [0, 0.1) is 10.1 Å². The maximum Gasteiger partial charge on any atom is 0.269 e. The van der Waals surface area contributed by atoms with Crippen LogP contribution in [0.5, 0.6) is 5.75 Å². The number of rotatable bonds is 6. The van der Waals surface area contributed by atoms with E-state index in [-0.39, 0.29) is 23.8 Å². The number of ether oxygens (including phenoxy) is 1. The summed E-state index contributed by atoms with van der Waals surface area (Å²) in [5.74, 6) is 0.352. The van der Waals surface area contributed by atoms with Crippen molar-refractivity contribution in [3.05, 3.63) is 68.7 Å². The van der Waals surface area contributed by atoms with Crippen molar-refractivity contribution in [2.75, 3.05) is 0 Å². The first-order chi connectivity index (χ1) is 12.9. The van der Waals surface area contributed by atoms with Gasteiger partial charge < -0.3 is 10.1 Å². The Balaban J connectivity index is 1.54. The molecule has 0 aromatic heterocycles. The molecule has 1 heterocycles. The zero-order chi connectivity index (χ0) is 19.4. The Morgan fingerprint density at radius 1 is 1.30 bits per heavy atom. The fourth-order valence-electron chi connectivity index (χ4n) is 2.78. The van der Waals surface area contributed by atoms with Gasteiger partial charge in [-0.25, -0.2) is 10.9 Å². The van der Waals surface area contributed by atoms with Gasteiger partial charge in [-0.1, -0.05) is 28.1 Å². The zero-order valence-electron chi connectivity index (χ0n) is 14.5. The molecule has 0 bridgehead atoms.